The molecule has 2 aromatic rings. The molecule has 0 bridgehead atoms. The molecule has 0 amide bonds. The molecule has 5 heteroatoms. The molecule has 0 saturated heterocycles. The van der Waals surface area contributed by atoms with Gasteiger partial charge in [-0.1, -0.05) is 12.1 Å². The molecule has 3 rings (SSSR count). The SMILES string of the molecule is CCOc1cccc(CN(Cc2cnc(COC)nc2)C2CC2)c1. The van der Waals surface area contributed by atoms with Crippen molar-refractivity contribution in [2.45, 2.75) is 45.5 Å². The van der Waals surface area contributed by atoms with Gasteiger partial charge in [0.25, 0.3) is 0 Å². The van der Waals surface area contributed by atoms with Crippen LogP contribution in [0.25, 0.3) is 0 Å². The summed E-state index contributed by atoms with van der Waals surface area (Å²) in [6.07, 6.45) is 6.36. The van der Waals surface area contributed by atoms with Crippen molar-refractivity contribution in [2.75, 3.05) is 13.7 Å². The average Bonchev–Trinajstić information content (AvgIpc) is 3.42. The van der Waals surface area contributed by atoms with Crippen molar-refractivity contribution in [3.05, 3.63) is 53.6 Å². The van der Waals surface area contributed by atoms with Gasteiger partial charge in [-0.3, -0.25) is 4.90 Å². The molecule has 0 unspecified atom stereocenters. The highest BCUT2D eigenvalue weighted by Crippen LogP contribution is 2.30. The Morgan fingerprint density at radius 1 is 1.12 bits per heavy atom. The van der Waals surface area contributed by atoms with Crippen molar-refractivity contribution < 1.29 is 9.47 Å². The van der Waals surface area contributed by atoms with Gasteiger partial charge in [0, 0.05) is 44.2 Å². The zero-order valence-electron chi connectivity index (χ0n) is 14.4. The maximum atomic E-state index is 5.61. The van der Waals surface area contributed by atoms with Gasteiger partial charge in [-0.15, -0.1) is 0 Å². The Morgan fingerprint density at radius 2 is 1.88 bits per heavy atom. The number of hydrogen-bond acceptors (Lipinski definition) is 5. The van der Waals surface area contributed by atoms with E-state index < -0.39 is 0 Å². The molecule has 5 nitrogen and oxygen atoms in total. The number of nitrogens with zero attached hydrogens (tertiary/aromatic N) is 3. The van der Waals surface area contributed by atoms with Crippen LogP contribution in [0.2, 0.25) is 0 Å². The predicted molar refractivity (Wildman–Crippen MR) is 92.6 cm³/mol. The van der Waals surface area contributed by atoms with Crippen molar-refractivity contribution in [3.8, 4) is 5.75 Å². The van der Waals surface area contributed by atoms with Crippen LogP contribution in [0.5, 0.6) is 5.75 Å². The number of benzene rings is 1. The first-order valence-corrected chi connectivity index (χ1v) is 8.53. The fourth-order valence-electron chi connectivity index (χ4n) is 2.79. The third kappa shape index (κ3) is 4.76. The summed E-state index contributed by atoms with van der Waals surface area (Å²) in [7, 11) is 1.66. The third-order valence-electron chi connectivity index (χ3n) is 4.08. The molecule has 0 radical (unpaired) electrons. The van der Waals surface area contributed by atoms with Crippen molar-refractivity contribution in [1.82, 2.24) is 14.9 Å². The standard InChI is InChI=1S/C19H25N3O2/c1-3-24-18-6-4-5-15(9-18)12-22(17-7-8-17)13-16-10-20-19(14-23-2)21-11-16/h4-6,9-11,17H,3,7-8,12-14H2,1-2H3. The van der Waals surface area contributed by atoms with Crippen LogP contribution in [0.3, 0.4) is 0 Å². The van der Waals surface area contributed by atoms with E-state index in [1.54, 1.807) is 7.11 Å². The smallest absolute Gasteiger partial charge is 0.153 e. The Bertz CT molecular complexity index is 641. The van der Waals surface area contributed by atoms with Crippen LogP contribution in [0.4, 0.5) is 0 Å². The molecule has 0 N–H and O–H groups in total. The monoisotopic (exact) mass is 327 g/mol. The number of aromatic nitrogens is 2. The van der Waals surface area contributed by atoms with Gasteiger partial charge in [-0.2, -0.15) is 0 Å². The van der Waals surface area contributed by atoms with E-state index in [-0.39, 0.29) is 0 Å². The molecule has 1 saturated carbocycles. The summed E-state index contributed by atoms with van der Waals surface area (Å²) in [6.45, 7) is 4.95. The van der Waals surface area contributed by atoms with Gasteiger partial charge in [-0.05, 0) is 37.5 Å². The summed E-state index contributed by atoms with van der Waals surface area (Å²) < 4.78 is 10.7. The molecule has 0 spiro atoms. The van der Waals surface area contributed by atoms with Crippen molar-refractivity contribution in [3.63, 3.8) is 0 Å². The lowest BCUT2D eigenvalue weighted by atomic mass is 10.2. The minimum absolute atomic E-state index is 0.455. The van der Waals surface area contributed by atoms with E-state index in [0.29, 0.717) is 19.3 Å². The maximum absolute atomic E-state index is 5.61. The Balaban J connectivity index is 1.65. The lowest BCUT2D eigenvalue weighted by molar-refractivity contribution is 0.177. The molecule has 1 fully saturated rings. The summed E-state index contributed by atoms with van der Waals surface area (Å²) in [5.74, 6) is 1.67. The highest BCUT2D eigenvalue weighted by Gasteiger charge is 2.29. The highest BCUT2D eigenvalue weighted by molar-refractivity contribution is 5.28. The maximum Gasteiger partial charge on any atom is 0.153 e. The van der Waals surface area contributed by atoms with E-state index >= 15 is 0 Å². The fraction of sp³-hybridized carbons (Fsp3) is 0.474. The molecule has 1 aromatic heterocycles. The van der Waals surface area contributed by atoms with E-state index in [4.69, 9.17) is 9.47 Å². The molecule has 1 aliphatic rings. The number of rotatable bonds is 9. The minimum Gasteiger partial charge on any atom is -0.494 e. The van der Waals surface area contributed by atoms with E-state index in [0.717, 1.165) is 30.2 Å². The van der Waals surface area contributed by atoms with E-state index in [1.165, 1.54) is 18.4 Å². The topological polar surface area (TPSA) is 47.5 Å². The van der Waals surface area contributed by atoms with Crippen LogP contribution in [-0.2, 0) is 24.4 Å². The van der Waals surface area contributed by atoms with Gasteiger partial charge < -0.3 is 9.47 Å². The molecule has 0 aliphatic heterocycles. The van der Waals surface area contributed by atoms with E-state index in [9.17, 15) is 0 Å². The summed E-state index contributed by atoms with van der Waals surface area (Å²) in [6, 6.07) is 9.04. The van der Waals surface area contributed by atoms with Gasteiger partial charge in [0.15, 0.2) is 5.82 Å². The lowest BCUT2D eigenvalue weighted by Crippen LogP contribution is -2.25. The molecule has 1 aliphatic carbocycles. The Hall–Kier alpha value is -1.98. The summed E-state index contributed by atoms with van der Waals surface area (Å²) in [5.41, 5.74) is 2.42. The quantitative estimate of drug-likeness (QED) is 0.708. The first-order chi connectivity index (χ1) is 11.8. The van der Waals surface area contributed by atoms with Crippen LogP contribution >= 0.6 is 0 Å². The van der Waals surface area contributed by atoms with Crippen LogP contribution in [0.15, 0.2) is 36.7 Å². The van der Waals surface area contributed by atoms with Crippen molar-refractivity contribution in [1.29, 1.82) is 0 Å². The molecule has 0 atom stereocenters. The van der Waals surface area contributed by atoms with E-state index in [1.807, 2.05) is 25.4 Å². The average molecular weight is 327 g/mol. The van der Waals surface area contributed by atoms with Crippen molar-refractivity contribution >= 4 is 0 Å². The van der Waals surface area contributed by atoms with Gasteiger partial charge in [0.05, 0.1) is 6.61 Å². The predicted octanol–water partition coefficient (Wildman–Crippen LogP) is 3.19. The Morgan fingerprint density at radius 3 is 2.54 bits per heavy atom. The van der Waals surface area contributed by atoms with E-state index in [2.05, 4.69) is 33.1 Å². The summed E-state index contributed by atoms with van der Waals surface area (Å²) >= 11 is 0. The third-order valence-corrected chi connectivity index (χ3v) is 4.08. The second-order valence-corrected chi connectivity index (χ2v) is 6.16. The largest absolute Gasteiger partial charge is 0.494 e. The molecular formula is C19H25N3O2. The van der Waals surface area contributed by atoms with Gasteiger partial charge in [-0.25, -0.2) is 9.97 Å². The Labute approximate surface area is 143 Å². The van der Waals surface area contributed by atoms with Crippen LogP contribution < -0.4 is 4.74 Å². The second-order valence-electron chi connectivity index (χ2n) is 6.16. The first-order valence-electron chi connectivity index (χ1n) is 8.53. The highest BCUT2D eigenvalue weighted by atomic mass is 16.5. The molecule has 24 heavy (non-hydrogen) atoms. The van der Waals surface area contributed by atoms with Gasteiger partial charge >= 0.3 is 0 Å². The molecule has 1 heterocycles. The zero-order chi connectivity index (χ0) is 16.8. The number of hydrogen-bond donors (Lipinski definition) is 0. The number of methoxy groups -OCH3 is 1. The lowest BCUT2D eigenvalue weighted by Gasteiger charge is -2.22. The summed E-state index contributed by atoms with van der Waals surface area (Å²) in [5, 5.41) is 0. The minimum atomic E-state index is 0.455. The first kappa shape index (κ1) is 16.9. The van der Waals surface area contributed by atoms with Crippen LogP contribution in [0, 0.1) is 0 Å². The number of ether oxygens (including phenoxy) is 2. The zero-order valence-corrected chi connectivity index (χ0v) is 14.4. The molecule has 1 aromatic carbocycles. The van der Waals surface area contributed by atoms with Crippen LogP contribution in [-0.4, -0.2) is 34.6 Å². The molecule has 128 valence electrons. The summed E-state index contributed by atoms with van der Waals surface area (Å²) in [4.78, 5) is 11.2. The van der Waals surface area contributed by atoms with Gasteiger partial charge in [0.2, 0.25) is 0 Å². The normalized spacial score (nSPS) is 14.1. The van der Waals surface area contributed by atoms with Crippen molar-refractivity contribution in [2.24, 2.45) is 0 Å². The molecular weight excluding hydrogens is 302 g/mol. The Kier molecular flexibility index (Phi) is 5.77. The fourth-order valence-corrected chi connectivity index (χ4v) is 2.79. The van der Waals surface area contributed by atoms with Crippen LogP contribution in [0.1, 0.15) is 36.7 Å². The second kappa shape index (κ2) is 8.22. The van der Waals surface area contributed by atoms with Gasteiger partial charge in [0.1, 0.15) is 12.4 Å².